The van der Waals surface area contributed by atoms with Gasteiger partial charge in [-0.25, -0.2) is 0 Å². The Bertz CT molecular complexity index is 507. The SMILES string of the molecule is CCCCC/C=C\C/C=C\CCCCCCCCC(CN)CCCCCCCC/C=C\C/C=C\CCCCC. The Morgan fingerprint density at radius 2 is 0.692 bits per heavy atom. The Kier molecular flexibility index (Phi) is 34.0. The van der Waals surface area contributed by atoms with E-state index < -0.39 is 0 Å². The predicted octanol–water partition coefficient (Wildman–Crippen LogP) is 13.0. The van der Waals surface area contributed by atoms with Crippen LogP contribution in [-0.2, 0) is 0 Å². The predicted molar refractivity (Wildman–Crippen MR) is 180 cm³/mol. The average Bonchev–Trinajstić information content (AvgIpc) is 2.95. The third kappa shape index (κ3) is 33.0. The molecule has 0 saturated carbocycles. The first-order valence-electron chi connectivity index (χ1n) is 17.6. The van der Waals surface area contributed by atoms with Gasteiger partial charge >= 0.3 is 0 Å². The first-order valence-corrected chi connectivity index (χ1v) is 17.6. The van der Waals surface area contributed by atoms with Gasteiger partial charge in [0.05, 0.1) is 0 Å². The van der Waals surface area contributed by atoms with Crippen LogP contribution < -0.4 is 5.73 Å². The van der Waals surface area contributed by atoms with Crippen molar-refractivity contribution in [2.45, 2.75) is 181 Å². The molecule has 0 aromatic heterocycles. The first-order chi connectivity index (χ1) is 19.3. The molecule has 0 bridgehead atoms. The van der Waals surface area contributed by atoms with Crippen molar-refractivity contribution in [3.05, 3.63) is 48.6 Å². The van der Waals surface area contributed by atoms with Gasteiger partial charge in [0.1, 0.15) is 0 Å². The van der Waals surface area contributed by atoms with Crippen molar-refractivity contribution >= 4 is 0 Å². The van der Waals surface area contributed by atoms with Crippen molar-refractivity contribution in [3.63, 3.8) is 0 Å². The molecule has 0 spiro atoms. The maximum Gasteiger partial charge on any atom is -0.00489 e. The second kappa shape index (κ2) is 34.9. The van der Waals surface area contributed by atoms with Crippen LogP contribution in [0.3, 0.4) is 0 Å². The Balaban J connectivity index is 3.41. The Morgan fingerprint density at radius 1 is 0.385 bits per heavy atom. The number of nitrogens with two attached hydrogens (primary N) is 1. The quantitative estimate of drug-likeness (QED) is 0.0685. The van der Waals surface area contributed by atoms with E-state index in [0.29, 0.717) is 0 Å². The minimum absolute atomic E-state index is 0.765. The summed E-state index contributed by atoms with van der Waals surface area (Å²) >= 11 is 0. The van der Waals surface area contributed by atoms with Crippen LogP contribution in [0.4, 0.5) is 0 Å². The van der Waals surface area contributed by atoms with Crippen molar-refractivity contribution < 1.29 is 0 Å². The van der Waals surface area contributed by atoms with Gasteiger partial charge in [0.25, 0.3) is 0 Å². The molecule has 0 heterocycles. The summed E-state index contributed by atoms with van der Waals surface area (Å²) in [5, 5.41) is 0. The van der Waals surface area contributed by atoms with Gasteiger partial charge in [0, 0.05) is 0 Å². The van der Waals surface area contributed by atoms with E-state index in [2.05, 4.69) is 62.5 Å². The van der Waals surface area contributed by atoms with Gasteiger partial charge in [0.2, 0.25) is 0 Å². The smallest absolute Gasteiger partial charge is 0.00489 e. The number of allylic oxidation sites excluding steroid dienone is 8. The zero-order valence-electron chi connectivity index (χ0n) is 26.9. The third-order valence-corrected chi connectivity index (χ3v) is 7.96. The maximum absolute atomic E-state index is 6.08. The van der Waals surface area contributed by atoms with Gasteiger partial charge in [0.15, 0.2) is 0 Å². The molecule has 0 radical (unpaired) electrons. The summed E-state index contributed by atoms with van der Waals surface area (Å²) in [6, 6.07) is 0. The molecule has 0 aromatic rings. The van der Waals surface area contributed by atoms with Gasteiger partial charge in [-0.05, 0) is 89.5 Å². The summed E-state index contributed by atoms with van der Waals surface area (Å²) in [4.78, 5) is 0. The summed E-state index contributed by atoms with van der Waals surface area (Å²) in [5.41, 5.74) is 6.08. The van der Waals surface area contributed by atoms with Crippen LogP contribution >= 0.6 is 0 Å². The topological polar surface area (TPSA) is 26.0 Å². The Hall–Kier alpha value is -1.08. The highest BCUT2D eigenvalue weighted by Gasteiger charge is 2.06. The van der Waals surface area contributed by atoms with E-state index in [9.17, 15) is 0 Å². The molecule has 0 aliphatic carbocycles. The van der Waals surface area contributed by atoms with Gasteiger partial charge in [-0.3, -0.25) is 0 Å². The van der Waals surface area contributed by atoms with Crippen LogP contribution in [-0.4, -0.2) is 6.54 Å². The zero-order valence-corrected chi connectivity index (χ0v) is 26.9. The van der Waals surface area contributed by atoms with Crippen molar-refractivity contribution in [2.75, 3.05) is 6.54 Å². The van der Waals surface area contributed by atoms with Gasteiger partial charge < -0.3 is 5.73 Å². The van der Waals surface area contributed by atoms with E-state index >= 15 is 0 Å². The minimum atomic E-state index is 0.765. The van der Waals surface area contributed by atoms with Crippen molar-refractivity contribution in [1.82, 2.24) is 0 Å². The highest BCUT2D eigenvalue weighted by molar-refractivity contribution is 4.93. The number of rotatable bonds is 31. The van der Waals surface area contributed by atoms with E-state index in [1.165, 1.54) is 154 Å². The van der Waals surface area contributed by atoms with Crippen LogP contribution in [0.25, 0.3) is 0 Å². The molecular formula is C38H71N. The lowest BCUT2D eigenvalue weighted by Gasteiger charge is -2.14. The summed E-state index contributed by atoms with van der Waals surface area (Å²) in [5.74, 6) is 0.765. The van der Waals surface area contributed by atoms with E-state index in [1.807, 2.05) is 0 Å². The standard InChI is InChI=1S/C38H71N/c1-3-5-7-9-11-13-15-17-19-21-23-25-27-29-31-33-35-38(37-39)36-34-32-30-28-26-24-22-20-18-16-14-12-10-8-6-4-2/h11-14,17-20,38H,3-10,15-16,21-37,39H2,1-2H3/b13-11-,14-12-,19-17-,20-18-. The molecule has 1 nitrogen and oxygen atoms in total. The summed E-state index contributed by atoms with van der Waals surface area (Å²) in [6.07, 6.45) is 53.6. The molecule has 1 heteroatoms. The Labute approximate surface area is 247 Å². The molecule has 228 valence electrons. The van der Waals surface area contributed by atoms with Crippen molar-refractivity contribution in [3.8, 4) is 0 Å². The molecular weight excluding hydrogens is 470 g/mol. The van der Waals surface area contributed by atoms with Gasteiger partial charge in [-0.2, -0.15) is 0 Å². The van der Waals surface area contributed by atoms with E-state index in [4.69, 9.17) is 5.73 Å². The first kappa shape index (κ1) is 37.9. The molecule has 0 aliphatic rings. The second-order valence-corrected chi connectivity index (χ2v) is 11.8. The van der Waals surface area contributed by atoms with Crippen LogP contribution in [0.15, 0.2) is 48.6 Å². The lowest BCUT2D eigenvalue weighted by Crippen LogP contribution is -2.14. The van der Waals surface area contributed by atoms with E-state index in [-0.39, 0.29) is 0 Å². The van der Waals surface area contributed by atoms with Crippen LogP contribution in [0, 0.1) is 5.92 Å². The molecule has 0 amide bonds. The number of hydrogen-bond acceptors (Lipinski definition) is 1. The molecule has 0 rings (SSSR count). The highest BCUT2D eigenvalue weighted by atomic mass is 14.5. The fourth-order valence-corrected chi connectivity index (χ4v) is 5.22. The van der Waals surface area contributed by atoms with Crippen LogP contribution in [0.1, 0.15) is 181 Å². The van der Waals surface area contributed by atoms with Crippen LogP contribution in [0.5, 0.6) is 0 Å². The zero-order chi connectivity index (χ0) is 28.3. The van der Waals surface area contributed by atoms with Crippen LogP contribution in [0.2, 0.25) is 0 Å². The minimum Gasteiger partial charge on any atom is -0.330 e. The lowest BCUT2D eigenvalue weighted by atomic mass is 9.94. The molecule has 0 atom stereocenters. The van der Waals surface area contributed by atoms with Gasteiger partial charge in [-0.1, -0.05) is 152 Å². The largest absolute Gasteiger partial charge is 0.330 e. The molecule has 0 aliphatic heterocycles. The summed E-state index contributed by atoms with van der Waals surface area (Å²) < 4.78 is 0. The Morgan fingerprint density at radius 3 is 1.03 bits per heavy atom. The van der Waals surface area contributed by atoms with Crippen molar-refractivity contribution in [1.29, 1.82) is 0 Å². The van der Waals surface area contributed by atoms with E-state index in [0.717, 1.165) is 25.3 Å². The fourth-order valence-electron chi connectivity index (χ4n) is 5.22. The number of hydrogen-bond donors (Lipinski definition) is 1. The molecule has 39 heavy (non-hydrogen) atoms. The molecule has 0 fully saturated rings. The fraction of sp³-hybridized carbons (Fsp3) is 0.789. The van der Waals surface area contributed by atoms with E-state index in [1.54, 1.807) is 0 Å². The maximum atomic E-state index is 6.08. The monoisotopic (exact) mass is 542 g/mol. The molecule has 0 aromatic carbocycles. The normalized spacial score (nSPS) is 12.5. The lowest BCUT2D eigenvalue weighted by molar-refractivity contribution is 0.410. The summed E-state index contributed by atoms with van der Waals surface area (Å²) in [6.45, 7) is 5.43. The molecule has 2 N–H and O–H groups in total. The summed E-state index contributed by atoms with van der Waals surface area (Å²) in [7, 11) is 0. The average molecular weight is 542 g/mol. The molecule has 0 unspecified atom stereocenters. The van der Waals surface area contributed by atoms with Gasteiger partial charge in [-0.15, -0.1) is 0 Å². The second-order valence-electron chi connectivity index (χ2n) is 11.8. The molecule has 0 saturated heterocycles. The third-order valence-electron chi connectivity index (χ3n) is 7.96. The highest BCUT2D eigenvalue weighted by Crippen LogP contribution is 2.19. The number of unbranched alkanes of at least 4 members (excludes halogenated alkanes) is 18. The van der Waals surface area contributed by atoms with Crippen molar-refractivity contribution in [2.24, 2.45) is 11.7 Å².